The number of amides is 2. The quantitative estimate of drug-likeness (QED) is 0.776. The van der Waals surface area contributed by atoms with E-state index in [2.05, 4.69) is 15.4 Å². The molecular weight excluding hydrogens is 313 g/mol. The molecule has 0 spiro atoms. The molecule has 0 bridgehead atoms. The van der Waals surface area contributed by atoms with Crippen molar-refractivity contribution in [3.05, 3.63) is 24.3 Å². The van der Waals surface area contributed by atoms with Crippen LogP contribution in [0.4, 0.5) is 23.7 Å². The molecule has 23 heavy (non-hydrogen) atoms. The molecule has 0 radical (unpaired) electrons. The first-order valence-electron chi connectivity index (χ1n) is 7.36. The summed E-state index contributed by atoms with van der Waals surface area (Å²) in [5.74, 6) is 0.140. The van der Waals surface area contributed by atoms with Gasteiger partial charge < -0.3 is 20.5 Å². The van der Waals surface area contributed by atoms with Gasteiger partial charge in [-0.25, -0.2) is 4.79 Å². The number of rotatable bonds is 5. The van der Waals surface area contributed by atoms with E-state index < -0.39 is 18.8 Å². The minimum absolute atomic E-state index is 0.0684. The average Bonchev–Trinajstić information content (AvgIpc) is 2.89. The van der Waals surface area contributed by atoms with Crippen LogP contribution in [-0.2, 0) is 0 Å². The van der Waals surface area contributed by atoms with Crippen molar-refractivity contribution in [1.82, 2.24) is 5.32 Å². The lowest BCUT2D eigenvalue weighted by atomic mass is 10.1. The van der Waals surface area contributed by atoms with Crippen LogP contribution in [0.25, 0.3) is 0 Å². The van der Waals surface area contributed by atoms with Crippen molar-refractivity contribution < 1.29 is 27.8 Å². The fraction of sp³-hybridized carbons (Fsp3) is 0.533. The summed E-state index contributed by atoms with van der Waals surface area (Å²) in [5, 5.41) is 14.9. The number of hydrogen-bond acceptors (Lipinski definition) is 3. The summed E-state index contributed by atoms with van der Waals surface area (Å²) < 4.78 is 40.7. The fourth-order valence-electron chi connectivity index (χ4n) is 2.45. The molecule has 1 aliphatic rings. The molecule has 1 aromatic carbocycles. The van der Waals surface area contributed by atoms with E-state index in [-0.39, 0.29) is 17.8 Å². The van der Waals surface area contributed by atoms with Crippen LogP contribution < -0.4 is 15.4 Å². The van der Waals surface area contributed by atoms with E-state index in [1.165, 1.54) is 24.3 Å². The number of halogens is 3. The van der Waals surface area contributed by atoms with Gasteiger partial charge >= 0.3 is 12.2 Å². The number of alkyl halides is 3. The Balaban J connectivity index is 1.75. The molecular formula is C15H19F3N2O3. The van der Waals surface area contributed by atoms with Crippen LogP contribution in [0.3, 0.4) is 0 Å². The average molecular weight is 332 g/mol. The Labute approximate surface area is 131 Å². The third kappa shape index (κ3) is 5.97. The first-order chi connectivity index (χ1) is 10.8. The lowest BCUT2D eigenvalue weighted by Gasteiger charge is -2.15. The number of nitrogens with one attached hydrogen (secondary N) is 2. The minimum atomic E-state index is -4.39. The second-order valence-electron chi connectivity index (χ2n) is 5.52. The van der Waals surface area contributed by atoms with Gasteiger partial charge in [0.2, 0.25) is 0 Å². The van der Waals surface area contributed by atoms with E-state index >= 15 is 0 Å². The Bertz CT molecular complexity index is 520. The fourth-order valence-corrected chi connectivity index (χ4v) is 2.45. The largest absolute Gasteiger partial charge is 0.484 e. The van der Waals surface area contributed by atoms with Crippen molar-refractivity contribution in [1.29, 1.82) is 0 Å². The minimum Gasteiger partial charge on any atom is -0.484 e. The number of anilines is 1. The first kappa shape index (κ1) is 17.4. The summed E-state index contributed by atoms with van der Waals surface area (Å²) in [6.45, 7) is -0.968. The molecule has 0 saturated heterocycles. The third-order valence-corrected chi connectivity index (χ3v) is 3.66. The van der Waals surface area contributed by atoms with Gasteiger partial charge in [0, 0.05) is 18.2 Å². The van der Waals surface area contributed by atoms with E-state index in [1.54, 1.807) is 0 Å². The van der Waals surface area contributed by atoms with Crippen LogP contribution in [0, 0.1) is 5.92 Å². The van der Waals surface area contributed by atoms with Gasteiger partial charge in [-0.2, -0.15) is 13.2 Å². The van der Waals surface area contributed by atoms with E-state index in [4.69, 9.17) is 0 Å². The highest BCUT2D eigenvalue weighted by Crippen LogP contribution is 2.24. The normalized spacial score (nSPS) is 21.0. The summed E-state index contributed by atoms with van der Waals surface area (Å²) in [4.78, 5) is 11.7. The van der Waals surface area contributed by atoms with Gasteiger partial charge in [-0.1, -0.05) is 6.42 Å². The molecule has 2 amide bonds. The van der Waals surface area contributed by atoms with E-state index in [0.717, 1.165) is 19.3 Å². The number of carbonyl (C=O) groups excluding carboxylic acids is 1. The lowest BCUT2D eigenvalue weighted by molar-refractivity contribution is -0.153. The maximum atomic E-state index is 12.0. The smallest absolute Gasteiger partial charge is 0.422 e. The molecule has 0 heterocycles. The predicted octanol–water partition coefficient (Wildman–Crippen LogP) is 2.91. The van der Waals surface area contributed by atoms with E-state index in [1.807, 2.05) is 0 Å². The maximum absolute atomic E-state index is 12.0. The van der Waals surface area contributed by atoms with Crippen LogP contribution in [0.2, 0.25) is 0 Å². The van der Waals surface area contributed by atoms with Crippen LogP contribution >= 0.6 is 0 Å². The van der Waals surface area contributed by atoms with Crippen molar-refractivity contribution in [2.24, 2.45) is 5.92 Å². The summed E-state index contributed by atoms with van der Waals surface area (Å²) in [5.41, 5.74) is 0.439. The second-order valence-corrected chi connectivity index (χ2v) is 5.52. The van der Waals surface area contributed by atoms with Crippen LogP contribution in [-0.4, -0.2) is 36.6 Å². The Kier molecular flexibility index (Phi) is 5.70. The number of ether oxygens (including phenoxy) is 1. The van der Waals surface area contributed by atoms with Gasteiger partial charge in [-0.3, -0.25) is 0 Å². The van der Waals surface area contributed by atoms with Crippen molar-refractivity contribution in [3.63, 3.8) is 0 Å². The van der Waals surface area contributed by atoms with E-state index in [0.29, 0.717) is 12.2 Å². The number of aliphatic hydroxyl groups excluding tert-OH is 1. The Hall–Kier alpha value is -1.96. The molecule has 0 aliphatic heterocycles. The highest BCUT2D eigenvalue weighted by molar-refractivity contribution is 5.89. The Morgan fingerprint density at radius 1 is 1.26 bits per heavy atom. The zero-order valence-electron chi connectivity index (χ0n) is 12.4. The molecule has 2 atom stereocenters. The number of carbonyl (C=O) groups is 1. The highest BCUT2D eigenvalue weighted by Gasteiger charge is 2.28. The van der Waals surface area contributed by atoms with E-state index in [9.17, 15) is 23.1 Å². The molecule has 2 rings (SSSR count). The SMILES string of the molecule is O=C(NC[C@H]1CCC[C@H]1O)Nc1ccc(OCC(F)(F)F)cc1. The van der Waals surface area contributed by atoms with Crippen molar-refractivity contribution in [2.75, 3.05) is 18.5 Å². The zero-order valence-corrected chi connectivity index (χ0v) is 12.4. The van der Waals surface area contributed by atoms with Crippen LogP contribution in [0.5, 0.6) is 5.75 Å². The van der Waals surface area contributed by atoms with Crippen molar-refractivity contribution >= 4 is 11.7 Å². The zero-order chi connectivity index (χ0) is 16.9. The summed E-state index contributed by atoms with van der Waals surface area (Å²) >= 11 is 0. The van der Waals surface area contributed by atoms with Gasteiger partial charge in [-0.15, -0.1) is 0 Å². The predicted molar refractivity (Wildman–Crippen MR) is 78.4 cm³/mol. The molecule has 1 fully saturated rings. The van der Waals surface area contributed by atoms with Gasteiger partial charge in [0.05, 0.1) is 6.10 Å². The monoisotopic (exact) mass is 332 g/mol. The molecule has 1 aliphatic carbocycles. The van der Waals surface area contributed by atoms with Crippen molar-refractivity contribution in [2.45, 2.75) is 31.5 Å². The molecule has 8 heteroatoms. The molecule has 128 valence electrons. The molecule has 5 nitrogen and oxygen atoms in total. The number of urea groups is 1. The van der Waals surface area contributed by atoms with Crippen LogP contribution in [0.1, 0.15) is 19.3 Å². The second kappa shape index (κ2) is 7.54. The summed E-state index contributed by atoms with van der Waals surface area (Å²) in [6, 6.07) is 5.18. The summed E-state index contributed by atoms with van der Waals surface area (Å²) in [7, 11) is 0. The molecule has 3 N–H and O–H groups in total. The van der Waals surface area contributed by atoms with Gasteiger partial charge in [0.1, 0.15) is 5.75 Å². The van der Waals surface area contributed by atoms with Crippen LogP contribution in [0.15, 0.2) is 24.3 Å². The first-order valence-corrected chi connectivity index (χ1v) is 7.36. The third-order valence-electron chi connectivity index (χ3n) is 3.66. The van der Waals surface area contributed by atoms with Gasteiger partial charge in [0.25, 0.3) is 0 Å². The Morgan fingerprint density at radius 2 is 1.96 bits per heavy atom. The molecule has 1 aromatic rings. The van der Waals surface area contributed by atoms with Gasteiger partial charge in [-0.05, 0) is 37.1 Å². The lowest BCUT2D eigenvalue weighted by Crippen LogP contribution is -2.35. The molecule has 1 saturated carbocycles. The molecule has 0 aromatic heterocycles. The van der Waals surface area contributed by atoms with Crippen molar-refractivity contribution in [3.8, 4) is 5.75 Å². The van der Waals surface area contributed by atoms with Gasteiger partial charge in [0.15, 0.2) is 6.61 Å². The number of benzene rings is 1. The topological polar surface area (TPSA) is 70.6 Å². The number of hydrogen-bond donors (Lipinski definition) is 3. The number of aliphatic hydroxyl groups is 1. The Morgan fingerprint density at radius 3 is 2.52 bits per heavy atom. The molecule has 0 unspecified atom stereocenters. The summed E-state index contributed by atoms with van der Waals surface area (Å²) in [6.07, 6.45) is -2.17. The highest BCUT2D eigenvalue weighted by atomic mass is 19.4. The standard InChI is InChI=1S/C15H19F3N2O3/c16-15(17,18)9-23-12-6-4-11(5-7-12)20-14(22)19-8-10-2-1-3-13(10)21/h4-7,10,13,21H,1-3,8-9H2,(H2,19,20,22)/t10-,13-/m1/s1. The maximum Gasteiger partial charge on any atom is 0.422 e.